The molecule has 2 fully saturated rings. The van der Waals surface area contributed by atoms with Gasteiger partial charge in [0.05, 0.1) is 6.61 Å². The average molecular weight is 247 g/mol. The van der Waals surface area contributed by atoms with Crippen molar-refractivity contribution in [2.45, 2.75) is 13.0 Å². The molecule has 0 aromatic heterocycles. The summed E-state index contributed by atoms with van der Waals surface area (Å²) in [5.41, 5.74) is 0.984. The minimum absolute atomic E-state index is 0.00817. The first-order valence-corrected chi connectivity index (χ1v) is 6.30. The Balaban J connectivity index is 1.51. The summed E-state index contributed by atoms with van der Waals surface area (Å²) in [4.78, 5) is 13.6. The second kappa shape index (κ2) is 4.28. The molecule has 96 valence electrons. The van der Waals surface area contributed by atoms with Crippen LogP contribution in [0, 0.1) is 11.3 Å². The van der Waals surface area contributed by atoms with E-state index in [-0.39, 0.29) is 18.1 Å². The molecule has 1 aliphatic heterocycles. The summed E-state index contributed by atoms with van der Waals surface area (Å²) in [5, 5.41) is 9.30. The second-order valence-corrected chi connectivity index (χ2v) is 5.34. The zero-order valence-electron chi connectivity index (χ0n) is 10.2. The Morgan fingerprint density at radius 2 is 2.22 bits per heavy atom. The van der Waals surface area contributed by atoms with E-state index < -0.39 is 0 Å². The number of likely N-dealkylation sites (tertiary alicyclic amines) is 1. The summed E-state index contributed by atoms with van der Waals surface area (Å²) < 4.78 is 5.28. The summed E-state index contributed by atoms with van der Waals surface area (Å²) in [7, 11) is 0. The number of carbonyl (C=O) groups is 1. The maximum absolute atomic E-state index is 11.9. The number of nitrogens with zero attached hydrogens (tertiary/aromatic N) is 1. The van der Waals surface area contributed by atoms with Crippen LogP contribution in [0.2, 0.25) is 0 Å². The third kappa shape index (κ3) is 1.97. The number of amides is 1. The van der Waals surface area contributed by atoms with Crippen molar-refractivity contribution in [1.29, 1.82) is 0 Å². The van der Waals surface area contributed by atoms with E-state index in [1.807, 2.05) is 30.3 Å². The van der Waals surface area contributed by atoms with Gasteiger partial charge in [0, 0.05) is 18.5 Å². The van der Waals surface area contributed by atoms with Gasteiger partial charge in [0.2, 0.25) is 0 Å². The molecule has 1 amide bonds. The van der Waals surface area contributed by atoms with Gasteiger partial charge in [0.15, 0.2) is 0 Å². The fraction of sp³-hybridized carbons (Fsp3) is 0.500. The number of hydrogen-bond acceptors (Lipinski definition) is 3. The minimum Gasteiger partial charge on any atom is -0.445 e. The highest BCUT2D eigenvalue weighted by Gasteiger charge is 2.60. The predicted octanol–water partition coefficient (Wildman–Crippen LogP) is 1.64. The molecule has 1 N–H and O–H groups in total. The molecule has 1 aromatic carbocycles. The Bertz CT molecular complexity index is 444. The van der Waals surface area contributed by atoms with E-state index in [0.717, 1.165) is 18.5 Å². The van der Waals surface area contributed by atoms with Crippen LogP contribution in [0.15, 0.2) is 30.3 Å². The van der Waals surface area contributed by atoms with E-state index in [1.54, 1.807) is 4.90 Å². The van der Waals surface area contributed by atoms with Crippen molar-refractivity contribution in [3.8, 4) is 0 Å². The summed E-state index contributed by atoms with van der Waals surface area (Å²) in [6.45, 7) is 1.86. The molecular weight excluding hydrogens is 230 g/mol. The van der Waals surface area contributed by atoms with Crippen molar-refractivity contribution >= 4 is 6.09 Å². The van der Waals surface area contributed by atoms with Crippen LogP contribution in [-0.2, 0) is 11.3 Å². The molecule has 0 radical (unpaired) electrons. The maximum Gasteiger partial charge on any atom is 0.410 e. The Morgan fingerprint density at radius 1 is 1.44 bits per heavy atom. The van der Waals surface area contributed by atoms with Crippen LogP contribution in [-0.4, -0.2) is 35.8 Å². The number of piperidine rings is 1. The summed E-state index contributed by atoms with van der Waals surface area (Å²) >= 11 is 0. The fourth-order valence-electron chi connectivity index (χ4n) is 2.79. The zero-order chi connectivity index (χ0) is 12.6. The monoisotopic (exact) mass is 247 g/mol. The highest BCUT2D eigenvalue weighted by molar-refractivity contribution is 5.68. The van der Waals surface area contributed by atoms with Crippen LogP contribution in [0.25, 0.3) is 0 Å². The quantitative estimate of drug-likeness (QED) is 0.883. The molecule has 1 saturated heterocycles. The lowest BCUT2D eigenvalue weighted by Crippen LogP contribution is -2.33. The van der Waals surface area contributed by atoms with Crippen molar-refractivity contribution in [2.24, 2.45) is 11.3 Å². The Hall–Kier alpha value is -1.55. The lowest BCUT2D eigenvalue weighted by Gasteiger charge is -2.19. The number of fused-ring (bicyclic) bond motifs is 1. The van der Waals surface area contributed by atoms with E-state index in [9.17, 15) is 9.90 Å². The van der Waals surface area contributed by atoms with E-state index >= 15 is 0 Å². The van der Waals surface area contributed by atoms with Crippen LogP contribution in [0.3, 0.4) is 0 Å². The van der Waals surface area contributed by atoms with E-state index in [0.29, 0.717) is 19.1 Å². The molecule has 1 saturated carbocycles. The van der Waals surface area contributed by atoms with Gasteiger partial charge in [-0.05, 0) is 17.9 Å². The number of hydrogen-bond donors (Lipinski definition) is 1. The largest absolute Gasteiger partial charge is 0.445 e. The van der Waals surface area contributed by atoms with Crippen molar-refractivity contribution in [1.82, 2.24) is 4.90 Å². The van der Waals surface area contributed by atoms with Gasteiger partial charge in [-0.1, -0.05) is 30.3 Å². The van der Waals surface area contributed by atoms with Gasteiger partial charge in [-0.2, -0.15) is 0 Å². The average Bonchev–Trinajstić information content (AvgIpc) is 2.99. The van der Waals surface area contributed by atoms with Gasteiger partial charge < -0.3 is 14.7 Å². The van der Waals surface area contributed by atoms with Crippen molar-refractivity contribution in [2.75, 3.05) is 19.7 Å². The smallest absolute Gasteiger partial charge is 0.410 e. The highest BCUT2D eigenvalue weighted by Crippen LogP contribution is 2.57. The third-order valence-electron chi connectivity index (χ3n) is 4.08. The van der Waals surface area contributed by atoms with Crippen LogP contribution < -0.4 is 0 Å². The molecule has 1 aliphatic carbocycles. The van der Waals surface area contributed by atoms with Crippen LogP contribution in [0.4, 0.5) is 4.79 Å². The van der Waals surface area contributed by atoms with Gasteiger partial charge in [-0.25, -0.2) is 4.79 Å². The second-order valence-electron chi connectivity index (χ2n) is 5.34. The van der Waals surface area contributed by atoms with Crippen LogP contribution >= 0.6 is 0 Å². The molecule has 1 heterocycles. The molecule has 0 spiro atoms. The number of carbonyl (C=O) groups excluding carboxylic acids is 1. The first kappa shape index (κ1) is 11.5. The van der Waals surface area contributed by atoms with Gasteiger partial charge in [0.25, 0.3) is 0 Å². The SMILES string of the molecule is O=C(OCc1ccccc1)N1C[C@H]2C[C@]2(CO)C1. The van der Waals surface area contributed by atoms with Gasteiger partial charge in [-0.3, -0.25) is 0 Å². The number of ether oxygens (including phenoxy) is 1. The molecular formula is C14H17NO3. The Kier molecular flexibility index (Phi) is 2.74. The normalized spacial score (nSPS) is 28.9. The fourth-order valence-corrected chi connectivity index (χ4v) is 2.79. The van der Waals surface area contributed by atoms with E-state index in [1.165, 1.54) is 0 Å². The molecule has 0 unspecified atom stereocenters. The van der Waals surface area contributed by atoms with E-state index in [2.05, 4.69) is 0 Å². The maximum atomic E-state index is 11.9. The lowest BCUT2D eigenvalue weighted by molar-refractivity contribution is 0.0945. The standard InChI is InChI=1S/C14H17NO3/c16-10-14-6-12(14)7-15(9-14)13(17)18-8-11-4-2-1-3-5-11/h1-5,12,16H,6-10H2/t12-,14-/m1/s1. The number of benzene rings is 1. The number of rotatable bonds is 3. The summed E-state index contributed by atoms with van der Waals surface area (Å²) in [6, 6.07) is 9.65. The molecule has 4 nitrogen and oxygen atoms in total. The molecule has 0 bridgehead atoms. The number of aliphatic hydroxyl groups excluding tert-OH is 1. The molecule has 2 atom stereocenters. The van der Waals surface area contributed by atoms with Gasteiger partial charge >= 0.3 is 6.09 Å². The molecule has 18 heavy (non-hydrogen) atoms. The lowest BCUT2D eigenvalue weighted by atomic mass is 10.1. The zero-order valence-corrected chi connectivity index (χ0v) is 10.2. The summed E-state index contributed by atoms with van der Waals surface area (Å²) in [6.07, 6.45) is 0.783. The first-order valence-electron chi connectivity index (χ1n) is 6.30. The van der Waals surface area contributed by atoms with Gasteiger partial charge in [0.1, 0.15) is 6.61 Å². The van der Waals surface area contributed by atoms with Crippen LogP contribution in [0.1, 0.15) is 12.0 Å². The minimum atomic E-state index is -0.265. The van der Waals surface area contributed by atoms with Gasteiger partial charge in [-0.15, -0.1) is 0 Å². The van der Waals surface area contributed by atoms with E-state index in [4.69, 9.17) is 4.74 Å². The number of aliphatic hydroxyl groups is 1. The molecule has 3 rings (SSSR count). The van der Waals surface area contributed by atoms with Crippen molar-refractivity contribution < 1.29 is 14.6 Å². The summed E-state index contributed by atoms with van der Waals surface area (Å²) in [5.74, 6) is 0.478. The molecule has 4 heteroatoms. The third-order valence-corrected chi connectivity index (χ3v) is 4.08. The van der Waals surface area contributed by atoms with Crippen LogP contribution in [0.5, 0.6) is 0 Å². The Labute approximate surface area is 106 Å². The topological polar surface area (TPSA) is 49.8 Å². The highest BCUT2D eigenvalue weighted by atomic mass is 16.6. The van der Waals surface area contributed by atoms with Crippen molar-refractivity contribution in [3.63, 3.8) is 0 Å². The van der Waals surface area contributed by atoms with Crippen molar-refractivity contribution in [3.05, 3.63) is 35.9 Å². The predicted molar refractivity (Wildman–Crippen MR) is 65.8 cm³/mol. The molecule has 1 aromatic rings. The Morgan fingerprint density at radius 3 is 2.89 bits per heavy atom. The molecule has 2 aliphatic rings. The first-order chi connectivity index (χ1) is 8.73.